The lowest BCUT2D eigenvalue weighted by Gasteiger charge is -2.42. The van der Waals surface area contributed by atoms with E-state index in [0.717, 1.165) is 6.42 Å². The zero-order chi connectivity index (χ0) is 8.01. The van der Waals surface area contributed by atoms with Gasteiger partial charge in [0.15, 0.2) is 0 Å². The van der Waals surface area contributed by atoms with Crippen molar-refractivity contribution in [2.24, 2.45) is 5.92 Å². The zero-order valence-electron chi connectivity index (χ0n) is 7.33. The average Bonchev–Trinajstić information content (AvgIpc) is 2.25. The van der Waals surface area contributed by atoms with Gasteiger partial charge in [0.1, 0.15) is 0 Å². The summed E-state index contributed by atoms with van der Waals surface area (Å²) in [6, 6.07) is 1.38. The van der Waals surface area contributed by atoms with Crippen LogP contribution in [0.3, 0.4) is 0 Å². The van der Waals surface area contributed by atoms with Crippen LogP contribution in [0.5, 0.6) is 0 Å². The maximum absolute atomic E-state index is 9.39. The van der Waals surface area contributed by atoms with Crippen molar-refractivity contribution in [2.75, 3.05) is 6.54 Å². The van der Waals surface area contributed by atoms with Crippen LogP contribution in [0.4, 0.5) is 0 Å². The number of rotatable bonds is 1. The first-order valence-corrected chi connectivity index (χ1v) is 4.64. The first-order chi connectivity index (χ1) is 5.20. The van der Waals surface area contributed by atoms with Gasteiger partial charge in [-0.25, -0.2) is 0 Å². The molecule has 0 unspecified atom stereocenters. The Morgan fingerprint density at radius 1 is 1.45 bits per heavy atom. The van der Waals surface area contributed by atoms with Gasteiger partial charge in [-0.05, 0) is 33.2 Å². The Bertz CT molecular complexity index is 158. The van der Waals surface area contributed by atoms with Crippen molar-refractivity contribution in [1.82, 2.24) is 4.90 Å². The van der Waals surface area contributed by atoms with E-state index in [-0.39, 0.29) is 6.10 Å². The Hall–Kier alpha value is -0.0800. The molecule has 2 fully saturated rings. The number of aliphatic hydroxyl groups is 1. The minimum absolute atomic E-state index is 0.0174. The van der Waals surface area contributed by atoms with Gasteiger partial charge < -0.3 is 5.11 Å². The molecule has 1 N–H and O–H groups in total. The molecule has 11 heavy (non-hydrogen) atoms. The lowest BCUT2D eigenvalue weighted by atomic mass is 9.77. The lowest BCUT2D eigenvalue weighted by molar-refractivity contribution is -0.0284. The molecule has 2 nitrogen and oxygen atoms in total. The van der Waals surface area contributed by atoms with Crippen LogP contribution in [0.1, 0.15) is 26.7 Å². The van der Waals surface area contributed by atoms with E-state index in [2.05, 4.69) is 18.7 Å². The van der Waals surface area contributed by atoms with E-state index < -0.39 is 0 Å². The molecule has 3 atom stereocenters. The van der Waals surface area contributed by atoms with Gasteiger partial charge in [-0.3, -0.25) is 4.90 Å². The molecule has 1 heterocycles. The summed E-state index contributed by atoms with van der Waals surface area (Å²) in [5.74, 6) is 0.609. The monoisotopic (exact) mass is 155 g/mol. The third-order valence-corrected chi connectivity index (χ3v) is 3.28. The van der Waals surface area contributed by atoms with Crippen molar-refractivity contribution < 1.29 is 5.11 Å². The fourth-order valence-electron chi connectivity index (χ4n) is 2.53. The first-order valence-electron chi connectivity index (χ1n) is 4.64. The molecule has 0 radical (unpaired) electrons. The minimum atomic E-state index is 0.0174. The quantitative estimate of drug-likeness (QED) is 0.607. The van der Waals surface area contributed by atoms with Crippen LogP contribution in [-0.2, 0) is 0 Å². The van der Waals surface area contributed by atoms with E-state index in [1.165, 1.54) is 13.0 Å². The molecule has 1 aliphatic carbocycles. The van der Waals surface area contributed by atoms with Gasteiger partial charge >= 0.3 is 0 Å². The third-order valence-electron chi connectivity index (χ3n) is 3.28. The van der Waals surface area contributed by atoms with Gasteiger partial charge in [0.05, 0.1) is 6.10 Å². The SMILES string of the molecule is CC(C)N1CC[C@@H]2[C@H](O)C[C@@H]21. The topological polar surface area (TPSA) is 23.5 Å². The second-order valence-electron chi connectivity index (χ2n) is 4.15. The van der Waals surface area contributed by atoms with Crippen molar-refractivity contribution in [3.8, 4) is 0 Å². The number of aliphatic hydroxyl groups excluding tert-OH is 1. The highest BCUT2D eigenvalue weighted by molar-refractivity contribution is 5.01. The molecule has 2 heteroatoms. The Kier molecular flexibility index (Phi) is 1.69. The molecule has 0 aromatic heterocycles. The van der Waals surface area contributed by atoms with Crippen LogP contribution in [-0.4, -0.2) is 34.7 Å². The van der Waals surface area contributed by atoms with Gasteiger partial charge in [0, 0.05) is 18.0 Å². The fourth-order valence-corrected chi connectivity index (χ4v) is 2.53. The molecule has 0 amide bonds. The van der Waals surface area contributed by atoms with Crippen LogP contribution in [0, 0.1) is 5.92 Å². The summed E-state index contributed by atoms with van der Waals surface area (Å²) < 4.78 is 0. The van der Waals surface area contributed by atoms with Gasteiger partial charge in [-0.2, -0.15) is 0 Å². The predicted octanol–water partition coefficient (Wildman–Crippen LogP) is 0.850. The summed E-state index contributed by atoms with van der Waals surface area (Å²) in [4.78, 5) is 2.53. The van der Waals surface area contributed by atoms with Crippen molar-refractivity contribution in [3.05, 3.63) is 0 Å². The standard InChI is InChI=1S/C9H17NO/c1-6(2)10-4-3-7-8(10)5-9(7)11/h6-9,11H,3-5H2,1-2H3/t7-,8-,9+/m0/s1. The Balaban J connectivity index is 1.99. The predicted molar refractivity (Wildman–Crippen MR) is 44.4 cm³/mol. The van der Waals surface area contributed by atoms with Gasteiger partial charge in [0.25, 0.3) is 0 Å². The van der Waals surface area contributed by atoms with E-state index in [1.807, 2.05) is 0 Å². The van der Waals surface area contributed by atoms with Crippen LogP contribution in [0.25, 0.3) is 0 Å². The largest absolute Gasteiger partial charge is 0.393 e. The molecule has 0 bridgehead atoms. The number of hydrogen-bond acceptors (Lipinski definition) is 2. The summed E-state index contributed by atoms with van der Waals surface area (Å²) in [6.07, 6.45) is 2.25. The van der Waals surface area contributed by atoms with Gasteiger partial charge in [0.2, 0.25) is 0 Å². The van der Waals surface area contributed by atoms with E-state index in [4.69, 9.17) is 0 Å². The summed E-state index contributed by atoms with van der Waals surface area (Å²) in [5, 5.41) is 9.39. The Morgan fingerprint density at radius 2 is 2.18 bits per heavy atom. The van der Waals surface area contributed by atoms with E-state index in [1.54, 1.807) is 0 Å². The fraction of sp³-hybridized carbons (Fsp3) is 1.00. The average molecular weight is 155 g/mol. The molecule has 0 aromatic rings. The normalized spacial score (nSPS) is 44.2. The second kappa shape index (κ2) is 2.46. The highest BCUT2D eigenvalue weighted by Crippen LogP contribution is 2.41. The van der Waals surface area contributed by atoms with Crippen molar-refractivity contribution in [2.45, 2.75) is 44.9 Å². The Labute approximate surface area is 68.2 Å². The van der Waals surface area contributed by atoms with Crippen LogP contribution < -0.4 is 0 Å². The smallest absolute Gasteiger partial charge is 0.0598 e. The van der Waals surface area contributed by atoms with E-state index in [9.17, 15) is 5.11 Å². The first kappa shape index (κ1) is 7.56. The molecular formula is C9H17NO. The van der Waals surface area contributed by atoms with Crippen molar-refractivity contribution >= 4 is 0 Å². The highest BCUT2D eigenvalue weighted by Gasteiger charge is 2.47. The third kappa shape index (κ3) is 1.00. The molecule has 2 rings (SSSR count). The molecule has 64 valence electrons. The molecule has 1 aliphatic heterocycles. The maximum Gasteiger partial charge on any atom is 0.0598 e. The maximum atomic E-state index is 9.39. The molecule has 1 saturated carbocycles. The summed E-state index contributed by atoms with van der Waals surface area (Å²) >= 11 is 0. The lowest BCUT2D eigenvalue weighted by Crippen LogP contribution is -2.50. The van der Waals surface area contributed by atoms with E-state index >= 15 is 0 Å². The molecule has 0 spiro atoms. The second-order valence-corrected chi connectivity index (χ2v) is 4.15. The molecular weight excluding hydrogens is 138 g/mol. The zero-order valence-corrected chi connectivity index (χ0v) is 7.33. The van der Waals surface area contributed by atoms with Crippen LogP contribution >= 0.6 is 0 Å². The summed E-state index contributed by atoms with van der Waals surface area (Å²) in [5.41, 5.74) is 0. The van der Waals surface area contributed by atoms with E-state index in [0.29, 0.717) is 18.0 Å². The summed E-state index contributed by atoms with van der Waals surface area (Å²) in [7, 11) is 0. The Morgan fingerprint density at radius 3 is 2.64 bits per heavy atom. The van der Waals surface area contributed by atoms with Gasteiger partial charge in [-0.15, -0.1) is 0 Å². The minimum Gasteiger partial charge on any atom is -0.393 e. The summed E-state index contributed by atoms with van der Waals surface area (Å²) in [6.45, 7) is 5.68. The van der Waals surface area contributed by atoms with Crippen LogP contribution in [0.2, 0.25) is 0 Å². The number of fused-ring (bicyclic) bond motifs is 1. The molecule has 2 aliphatic rings. The molecule has 1 saturated heterocycles. The number of nitrogens with zero attached hydrogens (tertiary/aromatic N) is 1. The van der Waals surface area contributed by atoms with Gasteiger partial charge in [-0.1, -0.05) is 0 Å². The van der Waals surface area contributed by atoms with Crippen molar-refractivity contribution in [3.63, 3.8) is 0 Å². The molecule has 0 aromatic carbocycles. The highest BCUT2D eigenvalue weighted by atomic mass is 16.3. The van der Waals surface area contributed by atoms with Crippen molar-refractivity contribution in [1.29, 1.82) is 0 Å². The number of likely N-dealkylation sites (tertiary alicyclic amines) is 1. The number of hydrogen-bond donors (Lipinski definition) is 1. The van der Waals surface area contributed by atoms with Crippen LogP contribution in [0.15, 0.2) is 0 Å².